The van der Waals surface area contributed by atoms with Crippen LogP contribution in [-0.2, 0) is 4.74 Å². The predicted octanol–water partition coefficient (Wildman–Crippen LogP) is -0.262. The molecule has 0 radical (unpaired) electrons. The van der Waals surface area contributed by atoms with Crippen molar-refractivity contribution in [2.75, 3.05) is 86.2 Å². The van der Waals surface area contributed by atoms with Gasteiger partial charge in [-0.1, -0.05) is 0 Å². The van der Waals surface area contributed by atoms with Gasteiger partial charge in [0, 0.05) is 58.4 Å². The van der Waals surface area contributed by atoms with Crippen molar-refractivity contribution in [3.63, 3.8) is 0 Å². The average Bonchev–Trinajstić information content (AvgIpc) is 2.56. The number of piperazine rings is 1. The molecule has 0 aromatic heterocycles. The summed E-state index contributed by atoms with van der Waals surface area (Å²) in [5, 5.41) is 6.81. The van der Waals surface area contributed by atoms with E-state index in [9.17, 15) is 0 Å². The Balaban J connectivity index is 0.00000288. The van der Waals surface area contributed by atoms with Gasteiger partial charge in [0.15, 0.2) is 5.96 Å². The van der Waals surface area contributed by atoms with Crippen molar-refractivity contribution in [2.45, 2.75) is 13.0 Å². The van der Waals surface area contributed by atoms with Crippen LogP contribution in [0.2, 0.25) is 0 Å². The van der Waals surface area contributed by atoms with Gasteiger partial charge in [-0.05, 0) is 21.0 Å². The van der Waals surface area contributed by atoms with Gasteiger partial charge in [0.1, 0.15) is 0 Å². The lowest BCUT2D eigenvalue weighted by Crippen LogP contribution is -2.51. The normalized spacial score (nSPS) is 24.5. The summed E-state index contributed by atoms with van der Waals surface area (Å²) in [6.45, 7) is 13.0. The van der Waals surface area contributed by atoms with Crippen LogP contribution in [0, 0.1) is 0 Å². The second-order valence-corrected chi connectivity index (χ2v) is 6.50. The molecule has 142 valence electrons. The average molecular weight is 454 g/mol. The van der Waals surface area contributed by atoms with Crippen molar-refractivity contribution in [2.24, 2.45) is 4.99 Å². The van der Waals surface area contributed by atoms with Gasteiger partial charge in [-0.15, -0.1) is 24.0 Å². The number of aliphatic imine (C=N–C) groups is 1. The maximum Gasteiger partial charge on any atom is 0.191 e. The molecular weight excluding hydrogens is 419 g/mol. The topological polar surface area (TPSA) is 55.4 Å². The van der Waals surface area contributed by atoms with Crippen molar-refractivity contribution >= 4 is 29.9 Å². The summed E-state index contributed by atoms with van der Waals surface area (Å²) in [7, 11) is 4.39. The molecule has 7 nitrogen and oxygen atoms in total. The van der Waals surface area contributed by atoms with Gasteiger partial charge in [-0.3, -0.25) is 14.8 Å². The number of morpholine rings is 1. The Labute approximate surface area is 164 Å². The van der Waals surface area contributed by atoms with Crippen LogP contribution in [0.5, 0.6) is 0 Å². The number of hydrogen-bond acceptors (Lipinski definition) is 5. The van der Waals surface area contributed by atoms with E-state index in [0.29, 0.717) is 6.04 Å². The molecule has 0 bridgehead atoms. The first-order valence-electron chi connectivity index (χ1n) is 8.90. The molecule has 2 aliphatic rings. The fourth-order valence-corrected chi connectivity index (χ4v) is 2.99. The van der Waals surface area contributed by atoms with E-state index in [-0.39, 0.29) is 24.0 Å². The van der Waals surface area contributed by atoms with Crippen LogP contribution >= 0.6 is 24.0 Å². The lowest BCUT2D eigenvalue weighted by molar-refractivity contribution is 0.0389. The van der Waals surface area contributed by atoms with Gasteiger partial charge in [0.2, 0.25) is 0 Å². The summed E-state index contributed by atoms with van der Waals surface area (Å²) >= 11 is 0. The van der Waals surface area contributed by atoms with E-state index in [1.807, 2.05) is 0 Å². The summed E-state index contributed by atoms with van der Waals surface area (Å²) in [6, 6.07) is 0.503. The highest BCUT2D eigenvalue weighted by molar-refractivity contribution is 14.0. The molecule has 2 heterocycles. The molecule has 2 aliphatic heterocycles. The van der Waals surface area contributed by atoms with E-state index in [4.69, 9.17) is 9.73 Å². The maximum absolute atomic E-state index is 5.38. The maximum atomic E-state index is 5.38. The van der Waals surface area contributed by atoms with Gasteiger partial charge in [-0.25, -0.2) is 0 Å². The highest BCUT2D eigenvalue weighted by Gasteiger charge is 2.21. The Morgan fingerprint density at radius 2 is 1.88 bits per heavy atom. The largest absolute Gasteiger partial charge is 0.379 e. The fourth-order valence-electron chi connectivity index (χ4n) is 2.99. The molecule has 8 heteroatoms. The van der Waals surface area contributed by atoms with E-state index < -0.39 is 0 Å². The molecule has 0 saturated carbocycles. The molecule has 2 N–H and O–H groups in total. The number of halogens is 1. The Morgan fingerprint density at radius 1 is 1.12 bits per heavy atom. The number of rotatable bonds is 6. The Hall–Kier alpha value is -0.160. The number of likely N-dealkylation sites (N-methyl/N-ethyl adjacent to an activating group) is 2. The molecule has 2 fully saturated rings. The standard InChI is InChI=1S/C16H34N6O.HI/c1-4-17-16(18-5-6-22-9-11-23-12-10-22)19-13-15-14-20(2)7-8-21(15)3;/h15H,4-14H2,1-3H3,(H2,17,18,19);1H. The third-order valence-corrected chi connectivity index (χ3v) is 4.61. The first-order chi connectivity index (χ1) is 11.2. The fraction of sp³-hybridized carbons (Fsp3) is 0.938. The number of nitrogens with one attached hydrogen (secondary N) is 2. The minimum absolute atomic E-state index is 0. The van der Waals surface area contributed by atoms with Gasteiger partial charge >= 0.3 is 0 Å². The smallest absolute Gasteiger partial charge is 0.191 e. The van der Waals surface area contributed by atoms with Gasteiger partial charge in [0.05, 0.1) is 19.8 Å². The minimum atomic E-state index is 0. The van der Waals surface area contributed by atoms with Crippen molar-refractivity contribution in [3.05, 3.63) is 0 Å². The summed E-state index contributed by atoms with van der Waals surface area (Å²) in [4.78, 5) is 12.0. The van der Waals surface area contributed by atoms with Gasteiger partial charge in [0.25, 0.3) is 0 Å². The molecule has 0 aromatic carbocycles. The minimum Gasteiger partial charge on any atom is -0.379 e. The van der Waals surface area contributed by atoms with Crippen LogP contribution in [0.4, 0.5) is 0 Å². The van der Waals surface area contributed by atoms with E-state index in [1.54, 1.807) is 0 Å². The number of hydrogen-bond donors (Lipinski definition) is 2. The number of ether oxygens (including phenoxy) is 1. The molecule has 1 unspecified atom stereocenters. The van der Waals surface area contributed by atoms with Crippen LogP contribution in [0.15, 0.2) is 4.99 Å². The summed E-state index contributed by atoms with van der Waals surface area (Å²) in [6.07, 6.45) is 0. The SMILES string of the molecule is CCNC(=NCC1CN(C)CCN1C)NCCN1CCOCC1.I. The molecule has 0 aromatic rings. The molecule has 1 atom stereocenters. The molecule has 0 spiro atoms. The molecule has 0 amide bonds. The van der Waals surface area contributed by atoms with E-state index in [0.717, 1.165) is 78.1 Å². The van der Waals surface area contributed by atoms with Crippen LogP contribution in [0.3, 0.4) is 0 Å². The molecule has 24 heavy (non-hydrogen) atoms. The Kier molecular flexibility index (Phi) is 11.2. The number of nitrogens with zero attached hydrogens (tertiary/aromatic N) is 4. The van der Waals surface area contributed by atoms with E-state index in [2.05, 4.69) is 46.4 Å². The van der Waals surface area contributed by atoms with Crippen molar-refractivity contribution in [1.29, 1.82) is 0 Å². The monoisotopic (exact) mass is 454 g/mol. The third kappa shape index (κ3) is 7.81. The van der Waals surface area contributed by atoms with Crippen LogP contribution in [0.1, 0.15) is 6.92 Å². The summed E-state index contributed by atoms with van der Waals surface area (Å²) < 4.78 is 5.38. The molecular formula is C16H35IN6O. The lowest BCUT2D eigenvalue weighted by Gasteiger charge is -2.37. The first kappa shape index (κ1) is 21.9. The van der Waals surface area contributed by atoms with E-state index >= 15 is 0 Å². The molecule has 0 aliphatic carbocycles. The van der Waals surface area contributed by atoms with Gasteiger partial charge in [-0.2, -0.15) is 0 Å². The zero-order valence-corrected chi connectivity index (χ0v) is 17.8. The summed E-state index contributed by atoms with van der Waals surface area (Å²) in [5.74, 6) is 0.933. The predicted molar refractivity (Wildman–Crippen MR) is 111 cm³/mol. The Morgan fingerprint density at radius 3 is 2.58 bits per heavy atom. The quantitative estimate of drug-likeness (QED) is 0.328. The van der Waals surface area contributed by atoms with Crippen molar-refractivity contribution in [1.82, 2.24) is 25.3 Å². The highest BCUT2D eigenvalue weighted by atomic mass is 127. The summed E-state index contributed by atoms with van der Waals surface area (Å²) in [5.41, 5.74) is 0. The van der Waals surface area contributed by atoms with Gasteiger partial charge < -0.3 is 20.3 Å². The zero-order valence-electron chi connectivity index (χ0n) is 15.5. The second-order valence-electron chi connectivity index (χ2n) is 6.50. The molecule has 2 rings (SSSR count). The van der Waals surface area contributed by atoms with Crippen LogP contribution in [0.25, 0.3) is 0 Å². The molecule has 2 saturated heterocycles. The highest BCUT2D eigenvalue weighted by Crippen LogP contribution is 2.06. The van der Waals surface area contributed by atoms with Crippen molar-refractivity contribution in [3.8, 4) is 0 Å². The third-order valence-electron chi connectivity index (χ3n) is 4.61. The Bertz CT molecular complexity index is 364. The van der Waals surface area contributed by atoms with Crippen LogP contribution in [-0.4, -0.2) is 113 Å². The van der Waals surface area contributed by atoms with Crippen LogP contribution < -0.4 is 10.6 Å². The zero-order chi connectivity index (χ0) is 16.5. The number of guanidine groups is 1. The van der Waals surface area contributed by atoms with E-state index in [1.165, 1.54) is 0 Å². The lowest BCUT2D eigenvalue weighted by atomic mass is 10.2. The second kappa shape index (κ2) is 12.2. The first-order valence-corrected chi connectivity index (χ1v) is 8.90. The van der Waals surface area contributed by atoms with Crippen molar-refractivity contribution < 1.29 is 4.74 Å².